The van der Waals surface area contributed by atoms with E-state index in [1.54, 1.807) is 45.6 Å². The first-order valence-corrected chi connectivity index (χ1v) is 20.8. The van der Waals surface area contributed by atoms with E-state index in [4.69, 9.17) is 23.4 Å². The third kappa shape index (κ3) is 8.63. The zero-order valence-electron chi connectivity index (χ0n) is 32.7. The van der Waals surface area contributed by atoms with Gasteiger partial charge in [-0.15, -0.1) is 0 Å². The van der Waals surface area contributed by atoms with Crippen LogP contribution in [0.5, 0.6) is 17.2 Å². The number of piperidine rings is 1. The number of likely N-dealkylation sites (tertiary alicyclic amines) is 2. The third-order valence-corrected chi connectivity index (χ3v) is 12.0. The van der Waals surface area contributed by atoms with Crippen molar-refractivity contribution in [2.75, 3.05) is 53.8 Å². The van der Waals surface area contributed by atoms with Crippen molar-refractivity contribution in [2.24, 2.45) is 5.41 Å². The lowest BCUT2D eigenvalue weighted by Crippen LogP contribution is -2.48. The van der Waals surface area contributed by atoms with Crippen LogP contribution in [0.3, 0.4) is 0 Å². The molecule has 302 valence electrons. The van der Waals surface area contributed by atoms with Gasteiger partial charge in [-0.2, -0.15) is 8.42 Å². The van der Waals surface area contributed by atoms with E-state index < -0.39 is 21.1 Å². The molecule has 5 aromatic rings. The smallest absolute Gasteiger partial charge is 0.265 e. The third-order valence-electron chi connectivity index (χ3n) is 11.4. The van der Waals surface area contributed by atoms with Crippen molar-refractivity contribution in [1.82, 2.24) is 19.4 Å². The predicted octanol–water partition coefficient (Wildman–Crippen LogP) is 6.71. The fraction of sp³-hybridized carbons (Fsp3) is 0.395. The Kier molecular flexibility index (Phi) is 11.6. The van der Waals surface area contributed by atoms with Gasteiger partial charge < -0.3 is 28.6 Å². The number of hydrogen-bond donors (Lipinski definition) is 0. The summed E-state index contributed by atoms with van der Waals surface area (Å²) in [7, 11) is 0.724. The first-order valence-electron chi connectivity index (χ1n) is 19.0. The second-order valence-corrected chi connectivity index (χ2v) is 16.7. The molecule has 1 atom stereocenters. The van der Waals surface area contributed by atoms with Gasteiger partial charge in [0.15, 0.2) is 11.5 Å². The van der Waals surface area contributed by atoms with Crippen LogP contribution in [0, 0.1) is 17.0 Å². The van der Waals surface area contributed by atoms with Crippen LogP contribution >= 0.6 is 0 Å². The Morgan fingerprint density at radius 1 is 0.754 bits per heavy atom. The normalized spacial score (nSPS) is 18.6. The summed E-state index contributed by atoms with van der Waals surface area (Å²) >= 11 is 0. The van der Waals surface area contributed by atoms with Gasteiger partial charge in [0.2, 0.25) is 11.7 Å². The van der Waals surface area contributed by atoms with Gasteiger partial charge in [-0.3, -0.25) is 8.98 Å². The number of methoxy groups -OCH3 is 3. The molecule has 2 fully saturated rings. The van der Waals surface area contributed by atoms with E-state index in [0.29, 0.717) is 100.0 Å². The molecule has 7 rings (SSSR count). The number of ether oxygens (including phenoxy) is 3. The number of imidazole rings is 1. The summed E-state index contributed by atoms with van der Waals surface area (Å²) in [4.78, 5) is 23.6. The van der Waals surface area contributed by atoms with Crippen LogP contribution in [-0.2, 0) is 44.2 Å². The predicted molar refractivity (Wildman–Crippen MR) is 212 cm³/mol. The molecule has 0 bridgehead atoms. The number of carbonyl (C=O) groups is 1. The Hall–Kier alpha value is -5.05. The maximum atomic E-state index is 14.6. The summed E-state index contributed by atoms with van der Waals surface area (Å²) in [6.45, 7) is 2.78. The van der Waals surface area contributed by atoms with Gasteiger partial charge in [0.1, 0.15) is 23.1 Å². The number of aromatic nitrogens is 2. The number of amides is 1. The molecule has 1 aromatic heterocycles. The first kappa shape index (κ1) is 40.2. The second kappa shape index (κ2) is 16.4. The number of benzene rings is 4. The second-order valence-electron chi connectivity index (χ2n) is 15.1. The molecule has 11 nitrogen and oxygen atoms in total. The molecule has 3 heterocycles. The minimum absolute atomic E-state index is 0.0156. The molecule has 0 N–H and O–H groups in total. The maximum absolute atomic E-state index is 14.6. The minimum Gasteiger partial charge on any atom is -0.493 e. The molecular weight excluding hydrogens is 755 g/mol. The van der Waals surface area contributed by atoms with Crippen LogP contribution in [0.4, 0.5) is 8.78 Å². The van der Waals surface area contributed by atoms with E-state index in [9.17, 15) is 22.0 Å². The van der Waals surface area contributed by atoms with Gasteiger partial charge in [-0.1, -0.05) is 36.4 Å². The Labute approximate surface area is 332 Å². The highest BCUT2D eigenvalue weighted by Crippen LogP contribution is 2.44. The monoisotopic (exact) mass is 802 g/mol. The lowest BCUT2D eigenvalue weighted by atomic mass is 9.76. The molecule has 57 heavy (non-hydrogen) atoms. The van der Waals surface area contributed by atoms with Crippen LogP contribution in [0.15, 0.2) is 84.9 Å². The number of rotatable bonds is 15. The van der Waals surface area contributed by atoms with Crippen molar-refractivity contribution in [2.45, 2.75) is 50.8 Å². The van der Waals surface area contributed by atoms with E-state index in [0.717, 1.165) is 28.5 Å². The summed E-state index contributed by atoms with van der Waals surface area (Å²) in [6.07, 6.45) is 3.31. The number of nitrogens with zero attached hydrogens (tertiary/aromatic N) is 4. The van der Waals surface area contributed by atoms with Crippen LogP contribution in [0.25, 0.3) is 11.0 Å². The highest BCUT2D eigenvalue weighted by molar-refractivity contribution is 7.86. The summed E-state index contributed by atoms with van der Waals surface area (Å²) in [5, 5.41) is 0. The molecule has 4 aromatic carbocycles. The van der Waals surface area contributed by atoms with Crippen molar-refractivity contribution in [3.63, 3.8) is 0 Å². The van der Waals surface area contributed by atoms with E-state index in [2.05, 4.69) is 4.90 Å². The lowest BCUT2D eigenvalue weighted by molar-refractivity contribution is -0.137. The molecule has 0 spiro atoms. The highest BCUT2D eigenvalue weighted by atomic mass is 32.2. The Bertz CT molecular complexity index is 2300. The number of hydrogen-bond acceptors (Lipinski definition) is 9. The largest absolute Gasteiger partial charge is 0.493 e. The SMILES string of the molecule is COc1cc(CN2CCC(CCN3CCC(OS(C)(=O)=O)(c4nc5ccccc5n4Cc4ccc(F)cc4)CC3)(Cc3ccc(F)cc3)C2=O)cc(OC)c1OC. The van der Waals surface area contributed by atoms with Crippen molar-refractivity contribution >= 4 is 27.1 Å². The summed E-state index contributed by atoms with van der Waals surface area (Å²) in [5.41, 5.74) is 2.05. The average molecular weight is 803 g/mol. The standard InChI is InChI=1S/C43H48F2N4O7S/c1-53-37-25-32(26-38(54-2)39(37)55-3)28-48-24-18-42(41(48)50,27-30-9-13-33(44)14-10-30)17-21-47-22-19-43(20-23-47,56-57(4,51)52)40-46-35-7-5-6-8-36(35)49(40)29-31-11-15-34(45)16-12-31/h5-16,25-26H,17-24,27-29H2,1-4H3. The zero-order valence-corrected chi connectivity index (χ0v) is 33.5. The molecule has 1 unspecified atom stereocenters. The molecule has 14 heteroatoms. The van der Waals surface area contributed by atoms with Crippen molar-refractivity contribution in [3.05, 3.63) is 119 Å². The van der Waals surface area contributed by atoms with Crippen LogP contribution in [0.2, 0.25) is 0 Å². The molecule has 1 amide bonds. The molecular formula is C43H48F2N4O7S. The summed E-state index contributed by atoms with van der Waals surface area (Å²) in [6, 6.07) is 23.8. The molecule has 2 aliphatic rings. The molecule has 0 aliphatic carbocycles. The van der Waals surface area contributed by atoms with Crippen LogP contribution < -0.4 is 14.2 Å². The van der Waals surface area contributed by atoms with Crippen LogP contribution in [0.1, 0.15) is 48.2 Å². The average Bonchev–Trinajstić information content (AvgIpc) is 3.72. The van der Waals surface area contributed by atoms with E-state index in [-0.39, 0.29) is 17.5 Å². The molecule has 0 saturated carbocycles. The van der Waals surface area contributed by atoms with Gasteiger partial charge in [0.25, 0.3) is 10.1 Å². The number of carbonyl (C=O) groups excluding carboxylic acids is 1. The summed E-state index contributed by atoms with van der Waals surface area (Å²) < 4.78 is 78.3. The van der Waals surface area contributed by atoms with E-state index >= 15 is 0 Å². The minimum atomic E-state index is -3.93. The topological polar surface area (TPSA) is 112 Å². The van der Waals surface area contributed by atoms with E-state index in [1.807, 2.05) is 45.9 Å². The highest BCUT2D eigenvalue weighted by Gasteiger charge is 2.48. The maximum Gasteiger partial charge on any atom is 0.265 e. The molecule has 0 radical (unpaired) electrons. The fourth-order valence-corrected chi connectivity index (χ4v) is 9.29. The van der Waals surface area contributed by atoms with E-state index in [1.165, 1.54) is 24.3 Å². The zero-order chi connectivity index (χ0) is 40.4. The van der Waals surface area contributed by atoms with Crippen molar-refractivity contribution < 1.29 is 40.4 Å². The Balaban J connectivity index is 1.13. The van der Waals surface area contributed by atoms with Gasteiger partial charge in [0, 0.05) is 32.7 Å². The van der Waals surface area contributed by atoms with Gasteiger partial charge in [0.05, 0.1) is 44.0 Å². The Morgan fingerprint density at radius 3 is 1.96 bits per heavy atom. The fourth-order valence-electron chi connectivity index (χ4n) is 8.47. The Morgan fingerprint density at radius 2 is 1.37 bits per heavy atom. The first-order chi connectivity index (χ1) is 27.3. The number of fused-ring (bicyclic) bond motifs is 1. The van der Waals surface area contributed by atoms with Crippen molar-refractivity contribution in [3.8, 4) is 17.2 Å². The number of halogens is 2. The lowest BCUT2D eigenvalue weighted by Gasteiger charge is -2.41. The molecule has 2 saturated heterocycles. The van der Waals surface area contributed by atoms with Gasteiger partial charge in [-0.25, -0.2) is 13.8 Å². The molecule has 2 aliphatic heterocycles. The summed E-state index contributed by atoms with van der Waals surface area (Å²) in [5.74, 6) is 1.31. The van der Waals surface area contributed by atoms with Gasteiger partial charge in [-0.05, 0) is 104 Å². The number of para-hydroxylation sites is 2. The van der Waals surface area contributed by atoms with Crippen LogP contribution in [-0.4, -0.2) is 87.4 Å². The van der Waals surface area contributed by atoms with Crippen molar-refractivity contribution in [1.29, 1.82) is 0 Å². The quantitative estimate of drug-likeness (QED) is 0.107. The van der Waals surface area contributed by atoms with Gasteiger partial charge >= 0.3 is 0 Å².